The van der Waals surface area contributed by atoms with Gasteiger partial charge >= 0.3 is 0 Å². The molecule has 0 saturated carbocycles. The second kappa shape index (κ2) is 5.78. The maximum absolute atomic E-state index is 5.74. The molecule has 2 rings (SSSR count). The molecule has 0 amide bonds. The lowest BCUT2D eigenvalue weighted by Crippen LogP contribution is -2.40. The Labute approximate surface area is 108 Å². The number of rotatable bonds is 3. The predicted molar refractivity (Wildman–Crippen MR) is 70.2 cm³/mol. The molecule has 94 valence electrons. The minimum Gasteiger partial charge on any atom is -0.301 e. The van der Waals surface area contributed by atoms with Crippen molar-refractivity contribution in [3.63, 3.8) is 0 Å². The van der Waals surface area contributed by atoms with Gasteiger partial charge in [-0.3, -0.25) is 0 Å². The van der Waals surface area contributed by atoms with Crippen LogP contribution in [0.1, 0.15) is 32.4 Å². The van der Waals surface area contributed by atoms with Gasteiger partial charge in [0.25, 0.3) is 0 Å². The van der Waals surface area contributed by atoms with Gasteiger partial charge in [-0.15, -0.1) is 5.10 Å². The summed E-state index contributed by atoms with van der Waals surface area (Å²) in [4.78, 5) is 2.55. The van der Waals surface area contributed by atoms with Crippen LogP contribution in [0.2, 0.25) is 5.15 Å². The molecular formula is C13H20ClN3. The highest BCUT2D eigenvalue weighted by atomic mass is 35.5. The fourth-order valence-electron chi connectivity index (χ4n) is 2.48. The maximum atomic E-state index is 5.74. The molecular weight excluding hydrogens is 234 g/mol. The van der Waals surface area contributed by atoms with E-state index in [1.807, 2.05) is 12.1 Å². The normalized spacial score (nSPS) is 22.0. The van der Waals surface area contributed by atoms with Crippen molar-refractivity contribution in [2.45, 2.75) is 39.2 Å². The molecule has 0 radical (unpaired) electrons. The number of piperidine rings is 1. The zero-order valence-corrected chi connectivity index (χ0v) is 11.3. The van der Waals surface area contributed by atoms with E-state index in [1.54, 1.807) is 0 Å². The fourth-order valence-corrected chi connectivity index (χ4v) is 2.58. The van der Waals surface area contributed by atoms with Gasteiger partial charge in [0, 0.05) is 12.6 Å². The highest BCUT2D eigenvalue weighted by Crippen LogP contribution is 2.21. The van der Waals surface area contributed by atoms with E-state index in [9.17, 15) is 0 Å². The Morgan fingerprint density at radius 2 is 2.24 bits per heavy atom. The van der Waals surface area contributed by atoms with Crippen LogP contribution in [0.3, 0.4) is 0 Å². The summed E-state index contributed by atoms with van der Waals surface area (Å²) in [5.74, 6) is 0.710. The third kappa shape index (κ3) is 3.65. The SMILES string of the molecule is CC(C)N1CCCC(Cc2ccc(Cl)nn2)C1. The molecule has 0 aromatic carbocycles. The zero-order valence-electron chi connectivity index (χ0n) is 10.6. The molecule has 17 heavy (non-hydrogen) atoms. The van der Waals surface area contributed by atoms with Crippen molar-refractivity contribution in [2.24, 2.45) is 5.92 Å². The van der Waals surface area contributed by atoms with E-state index in [4.69, 9.17) is 11.6 Å². The van der Waals surface area contributed by atoms with Crippen molar-refractivity contribution in [3.05, 3.63) is 23.0 Å². The molecule has 1 aromatic rings. The average molecular weight is 254 g/mol. The van der Waals surface area contributed by atoms with Crippen LogP contribution in [-0.4, -0.2) is 34.2 Å². The monoisotopic (exact) mass is 253 g/mol. The van der Waals surface area contributed by atoms with E-state index in [1.165, 1.54) is 25.9 Å². The van der Waals surface area contributed by atoms with Crippen LogP contribution in [0.25, 0.3) is 0 Å². The summed E-state index contributed by atoms with van der Waals surface area (Å²) in [6.07, 6.45) is 3.62. The lowest BCUT2D eigenvalue weighted by atomic mass is 9.92. The molecule has 1 aromatic heterocycles. The molecule has 3 nitrogen and oxygen atoms in total. The molecule has 0 spiro atoms. The molecule has 0 N–H and O–H groups in total. The van der Waals surface area contributed by atoms with Gasteiger partial charge in [-0.1, -0.05) is 11.6 Å². The molecule has 1 fully saturated rings. The third-order valence-corrected chi connectivity index (χ3v) is 3.67. The standard InChI is InChI=1S/C13H20ClN3/c1-10(2)17-7-3-4-11(9-17)8-12-5-6-13(14)16-15-12/h5-6,10-11H,3-4,7-9H2,1-2H3. The highest BCUT2D eigenvalue weighted by molar-refractivity contribution is 6.29. The first-order valence-corrected chi connectivity index (χ1v) is 6.75. The Balaban J connectivity index is 1.92. The number of hydrogen-bond acceptors (Lipinski definition) is 3. The minimum absolute atomic E-state index is 0.473. The summed E-state index contributed by atoms with van der Waals surface area (Å²) in [7, 11) is 0. The van der Waals surface area contributed by atoms with Crippen LogP contribution in [0, 0.1) is 5.92 Å². The Morgan fingerprint density at radius 3 is 2.88 bits per heavy atom. The van der Waals surface area contributed by atoms with Gasteiger partial charge in [0.1, 0.15) is 0 Å². The van der Waals surface area contributed by atoms with Gasteiger partial charge in [0.15, 0.2) is 5.15 Å². The van der Waals surface area contributed by atoms with Crippen LogP contribution >= 0.6 is 11.6 Å². The van der Waals surface area contributed by atoms with Crippen LogP contribution in [0.15, 0.2) is 12.1 Å². The summed E-state index contributed by atoms with van der Waals surface area (Å²) in [5, 5.41) is 8.52. The van der Waals surface area contributed by atoms with Gasteiger partial charge in [0.2, 0.25) is 0 Å². The van der Waals surface area contributed by atoms with Crippen LogP contribution in [-0.2, 0) is 6.42 Å². The van der Waals surface area contributed by atoms with Gasteiger partial charge in [-0.25, -0.2) is 0 Å². The summed E-state index contributed by atoms with van der Waals surface area (Å²) in [6.45, 7) is 6.96. The first kappa shape index (κ1) is 12.8. The van der Waals surface area contributed by atoms with E-state index in [0.717, 1.165) is 12.1 Å². The Bertz CT molecular complexity index is 350. The molecule has 1 aliphatic heterocycles. The summed E-state index contributed by atoms with van der Waals surface area (Å²) >= 11 is 5.74. The van der Waals surface area contributed by atoms with Crippen molar-refractivity contribution in [1.82, 2.24) is 15.1 Å². The zero-order chi connectivity index (χ0) is 12.3. The molecule has 1 unspecified atom stereocenters. The summed E-state index contributed by atoms with van der Waals surface area (Å²) in [5.41, 5.74) is 1.06. The number of halogens is 1. The molecule has 1 saturated heterocycles. The largest absolute Gasteiger partial charge is 0.301 e. The number of likely N-dealkylation sites (tertiary alicyclic amines) is 1. The topological polar surface area (TPSA) is 29.0 Å². The van der Waals surface area contributed by atoms with Gasteiger partial charge in [-0.2, -0.15) is 5.10 Å². The van der Waals surface area contributed by atoms with E-state index in [-0.39, 0.29) is 0 Å². The van der Waals surface area contributed by atoms with Crippen LogP contribution < -0.4 is 0 Å². The van der Waals surface area contributed by atoms with Crippen molar-refractivity contribution >= 4 is 11.6 Å². The molecule has 1 atom stereocenters. The Morgan fingerprint density at radius 1 is 1.41 bits per heavy atom. The molecule has 2 heterocycles. The first-order valence-electron chi connectivity index (χ1n) is 6.37. The lowest BCUT2D eigenvalue weighted by Gasteiger charge is -2.35. The van der Waals surface area contributed by atoms with Crippen molar-refractivity contribution in [3.8, 4) is 0 Å². The summed E-state index contributed by atoms with van der Waals surface area (Å²) < 4.78 is 0. The minimum atomic E-state index is 0.473. The van der Waals surface area contributed by atoms with E-state index >= 15 is 0 Å². The number of nitrogens with zero attached hydrogens (tertiary/aromatic N) is 3. The van der Waals surface area contributed by atoms with Crippen molar-refractivity contribution in [2.75, 3.05) is 13.1 Å². The van der Waals surface area contributed by atoms with Gasteiger partial charge in [0.05, 0.1) is 5.69 Å². The van der Waals surface area contributed by atoms with Crippen molar-refractivity contribution < 1.29 is 0 Å². The number of hydrogen-bond donors (Lipinski definition) is 0. The van der Waals surface area contributed by atoms with Crippen LogP contribution in [0.5, 0.6) is 0 Å². The summed E-state index contributed by atoms with van der Waals surface area (Å²) in [6, 6.07) is 4.46. The number of aromatic nitrogens is 2. The lowest BCUT2D eigenvalue weighted by molar-refractivity contribution is 0.139. The second-order valence-electron chi connectivity index (χ2n) is 5.15. The molecule has 1 aliphatic rings. The first-order chi connectivity index (χ1) is 8.15. The smallest absolute Gasteiger partial charge is 0.151 e. The second-order valence-corrected chi connectivity index (χ2v) is 5.54. The predicted octanol–water partition coefficient (Wildman–Crippen LogP) is 2.79. The van der Waals surface area contributed by atoms with Gasteiger partial charge < -0.3 is 4.90 Å². The Hall–Kier alpha value is -0.670. The van der Waals surface area contributed by atoms with E-state index < -0.39 is 0 Å². The Kier molecular flexibility index (Phi) is 4.35. The van der Waals surface area contributed by atoms with E-state index in [0.29, 0.717) is 17.1 Å². The third-order valence-electron chi connectivity index (χ3n) is 3.47. The fraction of sp³-hybridized carbons (Fsp3) is 0.692. The average Bonchev–Trinajstić information content (AvgIpc) is 2.32. The maximum Gasteiger partial charge on any atom is 0.151 e. The quantitative estimate of drug-likeness (QED) is 0.830. The van der Waals surface area contributed by atoms with Crippen LogP contribution in [0.4, 0.5) is 0 Å². The molecule has 0 bridgehead atoms. The molecule has 4 heteroatoms. The molecule has 0 aliphatic carbocycles. The van der Waals surface area contributed by atoms with Gasteiger partial charge in [-0.05, 0) is 57.7 Å². The highest BCUT2D eigenvalue weighted by Gasteiger charge is 2.22. The van der Waals surface area contributed by atoms with E-state index in [2.05, 4.69) is 28.9 Å². The van der Waals surface area contributed by atoms with Crippen molar-refractivity contribution in [1.29, 1.82) is 0 Å².